The number of hydrogen-bond acceptors (Lipinski definition) is 6. The molecule has 7 heteroatoms. The number of nitrogens with one attached hydrogen (secondary N) is 1. The van der Waals surface area contributed by atoms with Crippen molar-refractivity contribution in [2.45, 2.75) is 33.7 Å². The van der Waals surface area contributed by atoms with Crippen LogP contribution in [0.2, 0.25) is 5.02 Å². The summed E-state index contributed by atoms with van der Waals surface area (Å²) in [5, 5.41) is 4.95. The molecule has 0 bridgehead atoms. The van der Waals surface area contributed by atoms with Crippen molar-refractivity contribution in [2.24, 2.45) is 0 Å². The Kier molecular flexibility index (Phi) is 5.02. The van der Waals surface area contributed by atoms with Crippen LogP contribution < -0.4 is 10.2 Å². The molecule has 0 aliphatic carbocycles. The van der Waals surface area contributed by atoms with Crippen LogP contribution in [-0.2, 0) is 13.0 Å². The lowest BCUT2D eigenvalue weighted by molar-refractivity contribution is 0.719. The molecule has 0 amide bonds. The van der Waals surface area contributed by atoms with E-state index in [4.69, 9.17) is 16.6 Å². The third-order valence-electron chi connectivity index (χ3n) is 4.69. The number of fused-ring (bicyclic) bond motifs is 1. The number of thiazole rings is 1. The average molecular weight is 400 g/mol. The maximum absolute atomic E-state index is 6.46. The van der Waals surface area contributed by atoms with E-state index in [1.807, 2.05) is 13.1 Å². The van der Waals surface area contributed by atoms with Crippen LogP contribution in [0.15, 0.2) is 24.5 Å². The SMILES string of the molecule is CCNc1nc2c(s1)CN(c1cc(-c3ncc(C)cc3C)c(Cl)cn1)CC2. The fourth-order valence-corrected chi connectivity index (χ4v) is 4.68. The fraction of sp³-hybridized carbons (Fsp3) is 0.350. The van der Waals surface area contributed by atoms with Crippen molar-refractivity contribution in [2.75, 3.05) is 23.3 Å². The molecule has 0 spiro atoms. The van der Waals surface area contributed by atoms with Crippen LogP contribution in [-0.4, -0.2) is 28.0 Å². The fourth-order valence-electron chi connectivity index (χ4n) is 3.40. The Hall–Kier alpha value is -2.18. The molecule has 0 saturated carbocycles. The van der Waals surface area contributed by atoms with E-state index in [-0.39, 0.29) is 0 Å². The monoisotopic (exact) mass is 399 g/mol. The molecule has 3 aromatic heterocycles. The first-order valence-electron chi connectivity index (χ1n) is 9.11. The maximum atomic E-state index is 6.46. The predicted molar refractivity (Wildman–Crippen MR) is 113 cm³/mol. The zero-order chi connectivity index (χ0) is 19.0. The molecule has 1 aliphatic heterocycles. The first-order valence-corrected chi connectivity index (χ1v) is 10.3. The first kappa shape index (κ1) is 18.2. The minimum absolute atomic E-state index is 0.628. The number of anilines is 2. The lowest BCUT2D eigenvalue weighted by Gasteiger charge is -2.27. The second-order valence-corrected chi connectivity index (χ2v) is 8.28. The summed E-state index contributed by atoms with van der Waals surface area (Å²) >= 11 is 8.20. The summed E-state index contributed by atoms with van der Waals surface area (Å²) in [4.78, 5) is 17.5. The van der Waals surface area contributed by atoms with E-state index < -0.39 is 0 Å². The third-order valence-corrected chi connectivity index (χ3v) is 6.04. The smallest absolute Gasteiger partial charge is 0.183 e. The lowest BCUT2D eigenvalue weighted by Crippen LogP contribution is -2.30. The number of pyridine rings is 2. The van der Waals surface area contributed by atoms with Crippen LogP contribution in [0.3, 0.4) is 0 Å². The molecule has 1 aliphatic rings. The zero-order valence-corrected chi connectivity index (χ0v) is 17.3. The van der Waals surface area contributed by atoms with Gasteiger partial charge in [-0.15, -0.1) is 0 Å². The van der Waals surface area contributed by atoms with Crippen LogP contribution in [0.1, 0.15) is 28.6 Å². The van der Waals surface area contributed by atoms with Gasteiger partial charge in [0.25, 0.3) is 0 Å². The predicted octanol–water partition coefficient (Wildman–Crippen LogP) is 4.86. The first-order chi connectivity index (χ1) is 13.0. The summed E-state index contributed by atoms with van der Waals surface area (Å²) in [5.74, 6) is 0.931. The quantitative estimate of drug-likeness (QED) is 0.678. The molecule has 5 nitrogen and oxygen atoms in total. The molecule has 1 N–H and O–H groups in total. The van der Waals surface area contributed by atoms with Crippen LogP contribution in [0.4, 0.5) is 10.9 Å². The Morgan fingerprint density at radius 1 is 1.22 bits per heavy atom. The Morgan fingerprint density at radius 3 is 2.85 bits per heavy atom. The molecular weight excluding hydrogens is 378 g/mol. The molecule has 0 saturated heterocycles. The van der Waals surface area contributed by atoms with Gasteiger partial charge in [0.2, 0.25) is 0 Å². The molecule has 0 fully saturated rings. The molecular formula is C20H22ClN5S. The highest BCUT2D eigenvalue weighted by molar-refractivity contribution is 7.15. The molecule has 27 heavy (non-hydrogen) atoms. The molecule has 0 unspecified atom stereocenters. The minimum atomic E-state index is 0.628. The van der Waals surface area contributed by atoms with Crippen molar-refractivity contribution in [1.29, 1.82) is 0 Å². The molecule has 4 rings (SSSR count). The van der Waals surface area contributed by atoms with Crippen molar-refractivity contribution >= 4 is 33.9 Å². The zero-order valence-electron chi connectivity index (χ0n) is 15.7. The maximum Gasteiger partial charge on any atom is 0.183 e. The number of aryl methyl sites for hydroxylation is 2. The van der Waals surface area contributed by atoms with E-state index in [0.717, 1.165) is 59.4 Å². The van der Waals surface area contributed by atoms with E-state index in [1.165, 1.54) is 10.6 Å². The van der Waals surface area contributed by atoms with Gasteiger partial charge < -0.3 is 10.2 Å². The normalized spacial score (nSPS) is 13.6. The number of aromatic nitrogens is 3. The third kappa shape index (κ3) is 3.64. The Morgan fingerprint density at radius 2 is 2.07 bits per heavy atom. The van der Waals surface area contributed by atoms with E-state index in [9.17, 15) is 0 Å². The van der Waals surface area contributed by atoms with Gasteiger partial charge in [-0.2, -0.15) is 0 Å². The second kappa shape index (κ2) is 7.44. The Balaban J connectivity index is 1.65. The molecule has 0 atom stereocenters. The van der Waals surface area contributed by atoms with Gasteiger partial charge in [0, 0.05) is 42.3 Å². The summed E-state index contributed by atoms with van der Waals surface area (Å²) in [5.41, 5.74) is 5.32. The highest BCUT2D eigenvalue weighted by Gasteiger charge is 2.22. The van der Waals surface area contributed by atoms with Crippen molar-refractivity contribution in [3.05, 3.63) is 51.2 Å². The molecule has 140 valence electrons. The van der Waals surface area contributed by atoms with Gasteiger partial charge in [-0.25, -0.2) is 9.97 Å². The van der Waals surface area contributed by atoms with Gasteiger partial charge in [-0.3, -0.25) is 4.98 Å². The number of rotatable bonds is 4. The van der Waals surface area contributed by atoms with Gasteiger partial charge in [0.15, 0.2) is 5.13 Å². The van der Waals surface area contributed by atoms with Crippen LogP contribution in [0.25, 0.3) is 11.3 Å². The van der Waals surface area contributed by atoms with Crippen molar-refractivity contribution in [3.63, 3.8) is 0 Å². The lowest BCUT2D eigenvalue weighted by atomic mass is 10.1. The van der Waals surface area contributed by atoms with Gasteiger partial charge >= 0.3 is 0 Å². The van der Waals surface area contributed by atoms with Crippen LogP contribution >= 0.6 is 22.9 Å². The Labute approximate surface area is 168 Å². The summed E-state index contributed by atoms with van der Waals surface area (Å²) in [6.07, 6.45) is 4.55. The van der Waals surface area contributed by atoms with E-state index in [2.05, 4.69) is 46.2 Å². The van der Waals surface area contributed by atoms with Crippen LogP contribution in [0, 0.1) is 13.8 Å². The topological polar surface area (TPSA) is 53.9 Å². The highest BCUT2D eigenvalue weighted by atomic mass is 35.5. The number of hydrogen-bond donors (Lipinski definition) is 1. The standard InChI is InChI=1S/C20H22ClN5S/c1-4-22-20-25-16-5-6-26(11-17(16)27-20)18-8-14(15(21)10-23-18)19-13(3)7-12(2)9-24-19/h7-10H,4-6,11H2,1-3H3,(H,22,25). The average Bonchev–Trinajstić information content (AvgIpc) is 3.04. The van der Waals surface area contributed by atoms with Crippen molar-refractivity contribution in [1.82, 2.24) is 15.0 Å². The molecule has 0 aromatic carbocycles. The van der Waals surface area contributed by atoms with E-state index >= 15 is 0 Å². The van der Waals surface area contributed by atoms with Gasteiger partial charge in [-0.05, 0) is 38.0 Å². The van der Waals surface area contributed by atoms with Crippen molar-refractivity contribution < 1.29 is 0 Å². The van der Waals surface area contributed by atoms with Crippen LogP contribution in [0.5, 0.6) is 0 Å². The van der Waals surface area contributed by atoms with Gasteiger partial charge in [0.05, 0.1) is 23.0 Å². The Bertz CT molecular complexity index is 984. The van der Waals surface area contributed by atoms with E-state index in [1.54, 1.807) is 17.5 Å². The largest absolute Gasteiger partial charge is 0.362 e. The number of nitrogens with zero attached hydrogens (tertiary/aromatic N) is 4. The molecule has 3 aromatic rings. The van der Waals surface area contributed by atoms with Crippen molar-refractivity contribution in [3.8, 4) is 11.3 Å². The highest BCUT2D eigenvalue weighted by Crippen LogP contribution is 2.34. The summed E-state index contributed by atoms with van der Waals surface area (Å²) in [7, 11) is 0. The summed E-state index contributed by atoms with van der Waals surface area (Å²) < 4.78 is 0. The van der Waals surface area contributed by atoms with Gasteiger partial charge in [-0.1, -0.05) is 29.0 Å². The molecule has 4 heterocycles. The minimum Gasteiger partial charge on any atom is -0.362 e. The molecule has 0 radical (unpaired) electrons. The summed E-state index contributed by atoms with van der Waals surface area (Å²) in [6, 6.07) is 4.19. The van der Waals surface area contributed by atoms with Gasteiger partial charge in [0.1, 0.15) is 5.82 Å². The summed E-state index contributed by atoms with van der Waals surface area (Å²) in [6.45, 7) is 8.82. The van der Waals surface area contributed by atoms with E-state index in [0.29, 0.717) is 5.02 Å². The second-order valence-electron chi connectivity index (χ2n) is 6.79. The number of halogens is 1.